The van der Waals surface area contributed by atoms with Crippen LogP contribution in [-0.2, 0) is 6.42 Å². The zero-order chi connectivity index (χ0) is 18.1. The van der Waals surface area contributed by atoms with Gasteiger partial charge in [0.1, 0.15) is 5.75 Å². The number of hydrogen-bond acceptors (Lipinski definition) is 7. The lowest BCUT2D eigenvalue weighted by molar-refractivity contribution is 0.415. The van der Waals surface area contributed by atoms with Crippen LogP contribution in [0.1, 0.15) is 11.4 Å². The summed E-state index contributed by atoms with van der Waals surface area (Å²) < 4.78 is 20.3. The molecule has 4 aromatic rings. The van der Waals surface area contributed by atoms with Crippen LogP contribution in [0.25, 0.3) is 4.96 Å². The number of aromatic nitrogens is 4. The van der Waals surface area contributed by atoms with Gasteiger partial charge in [-0.3, -0.25) is 0 Å². The Kier molecular flexibility index (Phi) is 4.13. The van der Waals surface area contributed by atoms with Gasteiger partial charge in [-0.2, -0.15) is 4.52 Å². The van der Waals surface area contributed by atoms with E-state index >= 15 is 0 Å². The second-order valence-corrected chi connectivity index (χ2v) is 6.49. The monoisotopic (exact) mass is 371 g/mol. The summed E-state index contributed by atoms with van der Waals surface area (Å²) in [5.74, 6) is 0.324. The lowest BCUT2D eigenvalue weighted by Crippen LogP contribution is -1.99. The molecule has 2 N–H and O–H groups in total. The smallest absolute Gasteiger partial charge is 0.236 e. The number of benzene rings is 2. The van der Waals surface area contributed by atoms with E-state index in [0.29, 0.717) is 27.9 Å². The van der Waals surface area contributed by atoms with Crippen LogP contribution < -0.4 is 10.1 Å². The van der Waals surface area contributed by atoms with Crippen LogP contribution in [-0.4, -0.2) is 32.0 Å². The molecule has 2 aromatic carbocycles. The van der Waals surface area contributed by atoms with Crippen molar-refractivity contribution in [1.29, 1.82) is 0 Å². The highest BCUT2D eigenvalue weighted by atomic mass is 32.1. The van der Waals surface area contributed by atoms with Crippen molar-refractivity contribution in [2.24, 2.45) is 0 Å². The van der Waals surface area contributed by atoms with Crippen molar-refractivity contribution in [2.45, 2.75) is 6.42 Å². The molecule has 132 valence electrons. The number of fused-ring (bicyclic) bond motifs is 1. The first-order valence-electron chi connectivity index (χ1n) is 7.72. The van der Waals surface area contributed by atoms with Gasteiger partial charge in [0.2, 0.25) is 10.1 Å². The molecule has 2 heterocycles. The van der Waals surface area contributed by atoms with Crippen LogP contribution in [0.2, 0.25) is 0 Å². The van der Waals surface area contributed by atoms with Crippen molar-refractivity contribution < 1.29 is 14.2 Å². The fourth-order valence-electron chi connectivity index (χ4n) is 2.46. The van der Waals surface area contributed by atoms with E-state index in [0.717, 1.165) is 11.4 Å². The van der Waals surface area contributed by atoms with E-state index in [1.165, 1.54) is 23.5 Å². The Labute approximate surface area is 151 Å². The van der Waals surface area contributed by atoms with E-state index in [9.17, 15) is 9.50 Å². The minimum absolute atomic E-state index is 0.351. The first-order chi connectivity index (χ1) is 12.6. The maximum Gasteiger partial charge on any atom is 0.236 e. The van der Waals surface area contributed by atoms with Crippen molar-refractivity contribution >= 4 is 27.1 Å². The average Bonchev–Trinajstić information content (AvgIpc) is 3.20. The first-order valence-corrected chi connectivity index (χ1v) is 8.53. The molecule has 4 rings (SSSR count). The van der Waals surface area contributed by atoms with Gasteiger partial charge in [0.15, 0.2) is 17.4 Å². The molecule has 0 aliphatic rings. The first kappa shape index (κ1) is 16.3. The van der Waals surface area contributed by atoms with Crippen molar-refractivity contribution in [1.82, 2.24) is 19.8 Å². The number of aromatic hydroxyl groups is 1. The topological polar surface area (TPSA) is 84.6 Å². The normalized spacial score (nSPS) is 11.0. The number of nitrogens with zero attached hydrogens (tertiary/aromatic N) is 4. The van der Waals surface area contributed by atoms with Gasteiger partial charge < -0.3 is 15.2 Å². The van der Waals surface area contributed by atoms with Gasteiger partial charge in [-0.15, -0.1) is 15.3 Å². The molecule has 0 aliphatic heterocycles. The SMILES string of the molecule is COc1ccc(Nc2nn3c(Cc4ccc(O)c(F)c4)nnc3s2)cc1. The number of halogens is 1. The van der Waals surface area contributed by atoms with Gasteiger partial charge >= 0.3 is 0 Å². The molecule has 2 aromatic heterocycles. The van der Waals surface area contributed by atoms with Crippen LogP contribution in [0.4, 0.5) is 15.2 Å². The molecule has 0 bridgehead atoms. The summed E-state index contributed by atoms with van der Waals surface area (Å²) in [6, 6.07) is 11.7. The van der Waals surface area contributed by atoms with Crippen LogP contribution in [0.5, 0.6) is 11.5 Å². The molecule has 7 nitrogen and oxygen atoms in total. The zero-order valence-corrected chi connectivity index (χ0v) is 14.5. The molecule has 9 heteroatoms. The lowest BCUT2D eigenvalue weighted by atomic mass is 10.1. The molecule has 0 radical (unpaired) electrons. The highest BCUT2D eigenvalue weighted by molar-refractivity contribution is 7.20. The van der Waals surface area contributed by atoms with Crippen LogP contribution in [0.15, 0.2) is 42.5 Å². The highest BCUT2D eigenvalue weighted by Gasteiger charge is 2.13. The second-order valence-electron chi connectivity index (χ2n) is 5.53. The lowest BCUT2D eigenvalue weighted by Gasteiger charge is -2.03. The summed E-state index contributed by atoms with van der Waals surface area (Å²) in [5.41, 5.74) is 1.55. The molecule has 0 unspecified atom stereocenters. The molecule has 0 saturated carbocycles. The molecular formula is C17H14FN5O2S. The van der Waals surface area contributed by atoms with Gasteiger partial charge in [-0.05, 0) is 42.0 Å². The number of phenolic OH excluding ortho intramolecular Hbond substituents is 1. The van der Waals surface area contributed by atoms with E-state index in [1.54, 1.807) is 17.7 Å². The molecule has 0 atom stereocenters. The van der Waals surface area contributed by atoms with Gasteiger partial charge in [0.05, 0.1) is 7.11 Å². The number of hydrogen-bond donors (Lipinski definition) is 2. The van der Waals surface area contributed by atoms with E-state index < -0.39 is 5.82 Å². The summed E-state index contributed by atoms with van der Waals surface area (Å²) in [6.45, 7) is 0. The van der Waals surface area contributed by atoms with Crippen LogP contribution in [0, 0.1) is 5.82 Å². The van der Waals surface area contributed by atoms with E-state index in [1.807, 2.05) is 24.3 Å². The standard InChI is InChI=1S/C17H14FN5O2S/c1-25-12-5-3-11(4-6-12)19-16-22-23-15(20-21-17(23)26-16)9-10-2-7-14(24)13(18)8-10/h2-8,24H,9H2,1H3,(H,19,22). The maximum atomic E-state index is 13.5. The Morgan fingerprint density at radius 1 is 1.19 bits per heavy atom. The summed E-state index contributed by atoms with van der Waals surface area (Å²) >= 11 is 1.36. The fraction of sp³-hybridized carbons (Fsp3) is 0.118. The summed E-state index contributed by atoms with van der Waals surface area (Å²) in [5, 5.41) is 25.8. The minimum atomic E-state index is -0.664. The molecular weight excluding hydrogens is 357 g/mol. The summed E-state index contributed by atoms with van der Waals surface area (Å²) in [6.07, 6.45) is 0.351. The number of rotatable bonds is 5. The van der Waals surface area contributed by atoms with Crippen molar-refractivity contribution in [3.63, 3.8) is 0 Å². The molecule has 0 fully saturated rings. The van der Waals surface area contributed by atoms with Gasteiger partial charge in [0, 0.05) is 12.1 Å². The van der Waals surface area contributed by atoms with Crippen molar-refractivity contribution in [3.05, 3.63) is 59.7 Å². The predicted octanol–water partition coefficient (Wildman–Crippen LogP) is 3.37. The number of nitrogens with one attached hydrogen (secondary N) is 1. The Bertz CT molecular complexity index is 1060. The van der Waals surface area contributed by atoms with E-state index in [4.69, 9.17) is 4.74 Å². The number of methoxy groups -OCH3 is 1. The highest BCUT2D eigenvalue weighted by Crippen LogP contribution is 2.25. The van der Waals surface area contributed by atoms with Crippen LogP contribution >= 0.6 is 11.3 Å². The molecule has 26 heavy (non-hydrogen) atoms. The van der Waals surface area contributed by atoms with Gasteiger partial charge in [-0.1, -0.05) is 17.4 Å². The van der Waals surface area contributed by atoms with Crippen molar-refractivity contribution in [2.75, 3.05) is 12.4 Å². The fourth-order valence-corrected chi connectivity index (χ4v) is 3.24. The zero-order valence-electron chi connectivity index (χ0n) is 13.7. The van der Waals surface area contributed by atoms with Crippen LogP contribution in [0.3, 0.4) is 0 Å². The third kappa shape index (κ3) is 3.16. The predicted molar refractivity (Wildman–Crippen MR) is 95.8 cm³/mol. The largest absolute Gasteiger partial charge is 0.505 e. The molecule has 0 saturated heterocycles. The Balaban J connectivity index is 1.56. The summed E-state index contributed by atoms with van der Waals surface area (Å²) in [7, 11) is 1.62. The Morgan fingerprint density at radius 2 is 2.00 bits per heavy atom. The number of anilines is 2. The van der Waals surface area contributed by atoms with Gasteiger partial charge in [0.25, 0.3) is 0 Å². The Morgan fingerprint density at radius 3 is 2.73 bits per heavy atom. The minimum Gasteiger partial charge on any atom is -0.505 e. The third-order valence-corrected chi connectivity index (χ3v) is 4.59. The van der Waals surface area contributed by atoms with E-state index in [-0.39, 0.29) is 5.75 Å². The summed E-state index contributed by atoms with van der Waals surface area (Å²) in [4.78, 5) is 0.635. The maximum absolute atomic E-state index is 13.5. The molecule has 0 aliphatic carbocycles. The third-order valence-electron chi connectivity index (χ3n) is 3.77. The van der Waals surface area contributed by atoms with Gasteiger partial charge in [-0.25, -0.2) is 4.39 Å². The Hall–Kier alpha value is -3.20. The van der Waals surface area contributed by atoms with E-state index in [2.05, 4.69) is 20.6 Å². The molecule has 0 spiro atoms. The average molecular weight is 371 g/mol. The number of ether oxygens (including phenoxy) is 1. The molecule has 0 amide bonds. The second kappa shape index (κ2) is 6.60. The number of phenols is 1. The van der Waals surface area contributed by atoms with Crippen molar-refractivity contribution in [3.8, 4) is 11.5 Å². The quantitative estimate of drug-likeness (QED) is 0.560.